The van der Waals surface area contributed by atoms with Crippen LogP contribution in [0.3, 0.4) is 0 Å². The lowest BCUT2D eigenvalue weighted by atomic mass is 9.82. The Balaban J connectivity index is 2.03. The van der Waals surface area contributed by atoms with E-state index in [2.05, 4.69) is 17.3 Å². The number of benzene rings is 2. The number of nitrogens with zero attached hydrogens (tertiary/aromatic N) is 3. The van der Waals surface area contributed by atoms with Crippen molar-refractivity contribution in [1.82, 2.24) is 4.57 Å². The number of aromatic nitrogens is 1. The Morgan fingerprint density at radius 1 is 1.04 bits per heavy atom. The second-order valence-electron chi connectivity index (χ2n) is 6.91. The topological polar surface area (TPSA) is 75.2 Å². The molecule has 0 saturated carbocycles. The van der Waals surface area contributed by atoms with E-state index < -0.39 is 6.04 Å². The Kier molecular flexibility index (Phi) is 5.81. The van der Waals surface area contributed by atoms with E-state index in [4.69, 9.17) is 5.26 Å². The predicted molar refractivity (Wildman–Crippen MR) is 109 cm³/mol. The number of nitriles is 1. The summed E-state index contributed by atoms with van der Waals surface area (Å²) in [6, 6.07) is 20.2. The van der Waals surface area contributed by atoms with Crippen LogP contribution in [0.4, 0.5) is 0 Å². The summed E-state index contributed by atoms with van der Waals surface area (Å²) in [7, 11) is 1.66. The van der Waals surface area contributed by atoms with Gasteiger partial charge < -0.3 is 4.57 Å². The molecule has 140 valence electrons. The van der Waals surface area contributed by atoms with Crippen LogP contribution in [0.5, 0.6) is 0 Å². The Morgan fingerprint density at radius 2 is 1.71 bits per heavy atom. The molecule has 0 aliphatic rings. The van der Waals surface area contributed by atoms with Crippen molar-refractivity contribution in [3.63, 3.8) is 0 Å². The Bertz CT molecular complexity index is 1080. The highest BCUT2D eigenvalue weighted by Crippen LogP contribution is 2.36. The lowest BCUT2D eigenvalue weighted by molar-refractivity contribution is 0.587. The van der Waals surface area contributed by atoms with Gasteiger partial charge in [-0.2, -0.15) is 10.2 Å². The van der Waals surface area contributed by atoms with Crippen LogP contribution >= 0.6 is 0 Å². The summed E-state index contributed by atoms with van der Waals surface area (Å²) >= 11 is 0. The molecule has 2 atom stereocenters. The molecule has 3 rings (SSSR count). The lowest BCUT2D eigenvalue weighted by Crippen LogP contribution is -2.16. The monoisotopic (exact) mass is 371 g/mol. The maximum Gasteiger partial charge on any atom is 0.250 e. The Labute approximate surface area is 163 Å². The molecule has 1 heterocycles. The molecule has 0 fully saturated rings. The number of hydrogen-bond acceptors (Lipinski definition) is 4. The summed E-state index contributed by atoms with van der Waals surface area (Å²) in [4.78, 5) is 23.4. The van der Waals surface area contributed by atoms with Gasteiger partial charge >= 0.3 is 0 Å². The van der Waals surface area contributed by atoms with Crippen molar-refractivity contribution in [2.24, 2.45) is 12.2 Å². The summed E-state index contributed by atoms with van der Waals surface area (Å²) in [5.41, 5.74) is 4.44. The van der Waals surface area contributed by atoms with E-state index in [0.717, 1.165) is 16.7 Å². The third-order valence-electron chi connectivity index (χ3n) is 5.09. The molecule has 0 aliphatic carbocycles. The van der Waals surface area contributed by atoms with Gasteiger partial charge in [-0.25, -0.2) is 0 Å². The van der Waals surface area contributed by atoms with Gasteiger partial charge in [0.1, 0.15) is 6.04 Å². The number of hydrogen-bond donors (Lipinski definition) is 0. The molecule has 1 unspecified atom stereocenters. The number of aryl methyl sites for hydroxylation is 2. The van der Waals surface area contributed by atoms with Crippen LogP contribution in [0.2, 0.25) is 0 Å². The first kappa shape index (κ1) is 19.2. The number of nitroso groups, excluding NO2 is 1. The fraction of sp³-hybridized carbons (Fsp3) is 0.217. The third kappa shape index (κ3) is 4.07. The second kappa shape index (κ2) is 8.45. The molecule has 3 aromatic rings. The maximum atomic E-state index is 11.7. The molecule has 0 amide bonds. The average Bonchev–Trinajstić information content (AvgIpc) is 2.72. The van der Waals surface area contributed by atoms with Gasteiger partial charge in [-0.05, 0) is 53.8 Å². The zero-order valence-electron chi connectivity index (χ0n) is 15.9. The van der Waals surface area contributed by atoms with Gasteiger partial charge in [0.05, 0.1) is 11.6 Å². The lowest BCUT2D eigenvalue weighted by Gasteiger charge is -2.23. The van der Waals surface area contributed by atoms with Crippen molar-refractivity contribution in [3.8, 4) is 6.07 Å². The van der Waals surface area contributed by atoms with Crippen LogP contribution in [-0.2, 0) is 7.05 Å². The molecule has 2 aromatic carbocycles. The average molecular weight is 371 g/mol. The van der Waals surface area contributed by atoms with Gasteiger partial charge in [0, 0.05) is 25.2 Å². The summed E-state index contributed by atoms with van der Waals surface area (Å²) < 4.78 is 1.46. The highest BCUT2D eigenvalue weighted by Gasteiger charge is 2.23. The standard InChI is InChI=1S/C23H21N3O2/c1-16-5-3-4-6-20(16)21(18-9-7-17(14-24)8-10-18)13-22(25-28)19-11-12-23(27)26(2)15-19/h3-12,15,21-22H,13H2,1-2H3/t21-,22?/m1/s1. The molecular formula is C23H21N3O2. The van der Waals surface area contributed by atoms with Gasteiger partial charge in [-0.3, -0.25) is 4.79 Å². The SMILES string of the molecule is Cc1ccccc1[C@H](CC(N=O)c1ccc(=O)n(C)c1)c1ccc(C#N)cc1. The minimum absolute atomic E-state index is 0.0612. The Morgan fingerprint density at radius 3 is 2.32 bits per heavy atom. The number of rotatable bonds is 6. The van der Waals surface area contributed by atoms with Crippen molar-refractivity contribution in [2.45, 2.75) is 25.3 Å². The van der Waals surface area contributed by atoms with Gasteiger partial charge in [0.15, 0.2) is 0 Å². The van der Waals surface area contributed by atoms with Crippen LogP contribution in [0.15, 0.2) is 76.8 Å². The van der Waals surface area contributed by atoms with E-state index in [1.807, 2.05) is 37.3 Å². The van der Waals surface area contributed by atoms with Gasteiger partial charge in [0.2, 0.25) is 5.56 Å². The minimum Gasteiger partial charge on any atom is -0.318 e. The first-order valence-corrected chi connectivity index (χ1v) is 9.08. The number of pyridine rings is 1. The molecule has 5 heteroatoms. The molecule has 0 saturated heterocycles. The van der Waals surface area contributed by atoms with Crippen LogP contribution in [0, 0.1) is 23.2 Å². The van der Waals surface area contributed by atoms with Gasteiger partial charge in [-0.1, -0.05) is 41.6 Å². The normalized spacial score (nSPS) is 12.8. The Hall–Kier alpha value is -3.52. The van der Waals surface area contributed by atoms with E-state index in [1.165, 1.54) is 10.6 Å². The predicted octanol–water partition coefficient (Wildman–Crippen LogP) is 4.60. The van der Waals surface area contributed by atoms with Crippen LogP contribution < -0.4 is 5.56 Å². The highest BCUT2D eigenvalue weighted by molar-refractivity contribution is 5.41. The molecule has 28 heavy (non-hydrogen) atoms. The molecule has 0 N–H and O–H groups in total. The van der Waals surface area contributed by atoms with Crippen LogP contribution in [0.25, 0.3) is 0 Å². The van der Waals surface area contributed by atoms with E-state index in [9.17, 15) is 9.70 Å². The molecule has 0 aliphatic heterocycles. The fourth-order valence-electron chi connectivity index (χ4n) is 3.49. The van der Waals surface area contributed by atoms with Crippen molar-refractivity contribution in [1.29, 1.82) is 5.26 Å². The van der Waals surface area contributed by atoms with Crippen molar-refractivity contribution in [2.75, 3.05) is 0 Å². The second-order valence-corrected chi connectivity index (χ2v) is 6.91. The fourth-order valence-corrected chi connectivity index (χ4v) is 3.49. The van der Waals surface area contributed by atoms with Gasteiger partial charge in [-0.15, -0.1) is 0 Å². The zero-order chi connectivity index (χ0) is 20.1. The molecule has 0 radical (unpaired) electrons. The van der Waals surface area contributed by atoms with E-state index in [1.54, 1.807) is 31.4 Å². The highest BCUT2D eigenvalue weighted by atomic mass is 16.3. The van der Waals surface area contributed by atoms with Crippen LogP contribution in [0.1, 0.15) is 46.2 Å². The minimum atomic E-state index is -0.591. The first-order valence-electron chi connectivity index (χ1n) is 9.08. The smallest absolute Gasteiger partial charge is 0.250 e. The summed E-state index contributed by atoms with van der Waals surface area (Å²) in [5.74, 6) is -0.0612. The molecule has 1 aromatic heterocycles. The van der Waals surface area contributed by atoms with E-state index in [0.29, 0.717) is 17.5 Å². The molecule has 0 spiro atoms. The van der Waals surface area contributed by atoms with Crippen LogP contribution in [-0.4, -0.2) is 4.57 Å². The molecule has 5 nitrogen and oxygen atoms in total. The zero-order valence-corrected chi connectivity index (χ0v) is 15.9. The van der Waals surface area contributed by atoms with Crippen molar-refractivity contribution in [3.05, 3.63) is 110 Å². The quantitative estimate of drug-likeness (QED) is 0.595. The third-order valence-corrected chi connectivity index (χ3v) is 5.09. The van der Waals surface area contributed by atoms with Crippen molar-refractivity contribution >= 4 is 0 Å². The van der Waals surface area contributed by atoms with E-state index in [-0.39, 0.29) is 11.5 Å². The molecular weight excluding hydrogens is 350 g/mol. The van der Waals surface area contributed by atoms with Crippen molar-refractivity contribution < 1.29 is 0 Å². The summed E-state index contributed by atoms with van der Waals surface area (Å²) in [5, 5.41) is 12.4. The largest absolute Gasteiger partial charge is 0.318 e. The first-order chi connectivity index (χ1) is 13.5. The van der Waals surface area contributed by atoms with E-state index >= 15 is 0 Å². The summed E-state index contributed by atoms with van der Waals surface area (Å²) in [6.45, 7) is 2.04. The summed E-state index contributed by atoms with van der Waals surface area (Å²) in [6.07, 6.45) is 2.14. The molecule has 0 bridgehead atoms. The van der Waals surface area contributed by atoms with Gasteiger partial charge in [0.25, 0.3) is 0 Å². The maximum absolute atomic E-state index is 11.7.